The van der Waals surface area contributed by atoms with E-state index in [1.54, 1.807) is 48.8 Å². The second-order valence-electron chi connectivity index (χ2n) is 19.9. The molecule has 8 heterocycles. The van der Waals surface area contributed by atoms with Gasteiger partial charge in [-0.15, -0.1) is 0 Å². The minimum atomic E-state index is -4.01. The Bertz CT molecular complexity index is 3830. The van der Waals surface area contributed by atoms with Gasteiger partial charge in [-0.1, -0.05) is 54.6 Å². The van der Waals surface area contributed by atoms with Crippen molar-refractivity contribution in [3.63, 3.8) is 0 Å². The molecule has 4 aromatic heterocycles. The molecule has 0 spiro atoms. The van der Waals surface area contributed by atoms with Crippen LogP contribution in [0.1, 0.15) is 24.0 Å². The van der Waals surface area contributed by atoms with Crippen molar-refractivity contribution in [1.29, 1.82) is 10.5 Å². The SMILES string of the molecule is N#Cc1cc(-c2ccnc3[nH]c(-c4ccc(N5CCOCC5)cc4)cc23)ccc1O[C@H]1CCNC1.N#Cc1cc(-c2ccnc3c2cc(-c2ccc(N4CCOCC4)cc2)n3S(=O)(=O)c2ccccc2)ccc1O[C@H]1CCNC1. The molecule has 3 N–H and O–H groups in total. The van der Waals surface area contributed by atoms with E-state index in [2.05, 4.69) is 77.9 Å². The number of hydrogen-bond acceptors (Lipinski definition) is 14. The van der Waals surface area contributed by atoms with Crippen LogP contribution in [0.2, 0.25) is 0 Å². The number of fused-ring (bicyclic) bond motifs is 2. The Hall–Kier alpha value is -8.55. The topological polar surface area (TPSA) is 196 Å². The first kappa shape index (κ1) is 51.2. The fraction of sp³-hybridized carbons (Fsp3) is 0.258. The van der Waals surface area contributed by atoms with Crippen LogP contribution in [0, 0.1) is 22.7 Å². The number of hydrogen-bond donors (Lipinski definition) is 3. The summed E-state index contributed by atoms with van der Waals surface area (Å²) in [6.45, 7) is 9.77. The predicted octanol–water partition coefficient (Wildman–Crippen LogP) is 9.40. The van der Waals surface area contributed by atoms with Crippen LogP contribution in [0.4, 0.5) is 11.4 Å². The van der Waals surface area contributed by atoms with E-state index in [4.69, 9.17) is 18.9 Å². The lowest BCUT2D eigenvalue weighted by molar-refractivity contribution is 0.122. The minimum Gasteiger partial charge on any atom is -0.488 e. The number of anilines is 2. The zero-order chi connectivity index (χ0) is 53.7. The van der Waals surface area contributed by atoms with Gasteiger partial charge in [0.25, 0.3) is 10.0 Å². The Morgan fingerprint density at radius 3 is 1.62 bits per heavy atom. The van der Waals surface area contributed by atoms with Crippen LogP contribution in [0.3, 0.4) is 0 Å². The molecule has 0 bridgehead atoms. The van der Waals surface area contributed by atoms with Gasteiger partial charge in [0.05, 0.1) is 48.1 Å². The van der Waals surface area contributed by atoms with Gasteiger partial charge in [-0.05, 0) is 144 Å². The van der Waals surface area contributed by atoms with Gasteiger partial charge in [0.15, 0.2) is 5.65 Å². The van der Waals surface area contributed by atoms with Crippen LogP contribution in [0.5, 0.6) is 11.5 Å². The van der Waals surface area contributed by atoms with Crippen LogP contribution >= 0.6 is 0 Å². The second kappa shape index (κ2) is 22.8. The number of morpholine rings is 2. The molecule has 0 radical (unpaired) electrons. The van der Waals surface area contributed by atoms with E-state index in [0.717, 1.165) is 134 Å². The highest BCUT2D eigenvalue weighted by Gasteiger charge is 2.27. The quantitative estimate of drug-likeness (QED) is 0.105. The third-order valence-corrected chi connectivity index (χ3v) is 16.7. The Balaban J connectivity index is 0.000000162. The lowest BCUT2D eigenvalue weighted by Crippen LogP contribution is -2.36. The minimum absolute atomic E-state index is 0.0231. The first-order valence-electron chi connectivity index (χ1n) is 26.8. The number of aromatic amines is 1. The summed E-state index contributed by atoms with van der Waals surface area (Å²) in [6, 6.07) is 48.8. The van der Waals surface area contributed by atoms with Crippen molar-refractivity contribution >= 4 is 43.5 Å². The van der Waals surface area contributed by atoms with Crippen LogP contribution in [0.15, 0.2) is 157 Å². The molecule has 4 fully saturated rings. The van der Waals surface area contributed by atoms with Crippen molar-refractivity contribution in [3.05, 3.63) is 163 Å². The fourth-order valence-electron chi connectivity index (χ4n) is 10.8. The number of ether oxygens (including phenoxy) is 4. The maximum absolute atomic E-state index is 14.2. The summed E-state index contributed by atoms with van der Waals surface area (Å²) in [5, 5.41) is 28.0. The zero-order valence-corrected chi connectivity index (χ0v) is 44.3. The maximum atomic E-state index is 14.2. The normalized spacial score (nSPS) is 17.5. The van der Waals surface area contributed by atoms with Gasteiger partial charge in [-0.2, -0.15) is 10.5 Å². The van der Waals surface area contributed by atoms with E-state index in [0.29, 0.717) is 52.6 Å². The lowest BCUT2D eigenvalue weighted by Gasteiger charge is -2.28. The molecule has 4 aliphatic heterocycles. The van der Waals surface area contributed by atoms with E-state index in [1.807, 2.05) is 72.8 Å². The summed E-state index contributed by atoms with van der Waals surface area (Å²) in [4.78, 5) is 17.4. The molecule has 2 atom stereocenters. The number of nitriles is 2. The first-order chi connectivity index (χ1) is 38.8. The molecule has 4 saturated heterocycles. The summed E-state index contributed by atoms with van der Waals surface area (Å²) in [5.74, 6) is 1.19. The summed E-state index contributed by atoms with van der Waals surface area (Å²) < 4.78 is 52.9. The Morgan fingerprint density at radius 2 is 1.09 bits per heavy atom. The van der Waals surface area contributed by atoms with Crippen molar-refractivity contribution in [2.24, 2.45) is 0 Å². The monoisotopic (exact) mass is 1070 g/mol. The van der Waals surface area contributed by atoms with E-state index < -0.39 is 10.0 Å². The summed E-state index contributed by atoms with van der Waals surface area (Å²) >= 11 is 0. The van der Waals surface area contributed by atoms with Crippen LogP contribution < -0.4 is 29.9 Å². The number of H-pyrrole nitrogens is 1. The van der Waals surface area contributed by atoms with Gasteiger partial charge in [0.1, 0.15) is 41.5 Å². The Labute approximate surface area is 458 Å². The number of pyridine rings is 2. The molecule has 13 rings (SSSR count). The molecule has 0 amide bonds. The predicted molar refractivity (Wildman–Crippen MR) is 306 cm³/mol. The van der Waals surface area contributed by atoms with E-state index in [1.165, 1.54) is 9.66 Å². The molecule has 9 aromatic rings. The molecule has 4 aliphatic rings. The van der Waals surface area contributed by atoms with Gasteiger partial charge >= 0.3 is 0 Å². The molecule has 5 aromatic carbocycles. The Kier molecular flexibility index (Phi) is 14.8. The number of rotatable bonds is 12. The molecule has 17 heteroatoms. The highest BCUT2D eigenvalue weighted by atomic mass is 32.2. The van der Waals surface area contributed by atoms with E-state index >= 15 is 0 Å². The molecular weight excluding hydrogens is 1010 g/mol. The van der Waals surface area contributed by atoms with Crippen molar-refractivity contribution < 1.29 is 27.4 Å². The Morgan fingerprint density at radius 1 is 0.570 bits per heavy atom. The van der Waals surface area contributed by atoms with Gasteiger partial charge < -0.3 is 44.4 Å². The highest BCUT2D eigenvalue weighted by Crippen LogP contribution is 2.39. The zero-order valence-electron chi connectivity index (χ0n) is 43.5. The van der Waals surface area contributed by atoms with Gasteiger partial charge in [0.2, 0.25) is 0 Å². The average molecular weight is 1070 g/mol. The van der Waals surface area contributed by atoms with Crippen LogP contribution in [-0.4, -0.2) is 118 Å². The van der Waals surface area contributed by atoms with E-state index in [9.17, 15) is 18.9 Å². The van der Waals surface area contributed by atoms with Crippen molar-refractivity contribution in [1.82, 2.24) is 29.6 Å². The molecule has 0 unspecified atom stereocenters. The number of nitrogens with one attached hydrogen (secondary N) is 3. The van der Waals surface area contributed by atoms with Gasteiger partial charge in [0, 0.05) is 79.5 Å². The van der Waals surface area contributed by atoms with Gasteiger partial charge in [-0.25, -0.2) is 22.4 Å². The van der Waals surface area contributed by atoms with Crippen LogP contribution in [0.25, 0.3) is 66.8 Å². The number of benzene rings is 5. The summed E-state index contributed by atoms with van der Waals surface area (Å²) in [5.41, 5.74) is 11.3. The molecule has 0 aliphatic carbocycles. The maximum Gasteiger partial charge on any atom is 0.269 e. The molecule has 79 heavy (non-hydrogen) atoms. The van der Waals surface area contributed by atoms with E-state index in [-0.39, 0.29) is 17.1 Å². The second-order valence-corrected chi connectivity index (χ2v) is 21.7. The first-order valence-corrected chi connectivity index (χ1v) is 28.2. The van der Waals surface area contributed by atoms with Crippen LogP contribution in [-0.2, 0) is 19.5 Å². The van der Waals surface area contributed by atoms with Gasteiger partial charge in [-0.3, -0.25) is 0 Å². The number of nitrogens with zero attached hydrogens (tertiary/aromatic N) is 7. The van der Waals surface area contributed by atoms with Crippen molar-refractivity contribution in [2.45, 2.75) is 29.9 Å². The summed E-state index contributed by atoms with van der Waals surface area (Å²) in [6.07, 6.45) is 5.40. The fourth-order valence-corrected chi connectivity index (χ4v) is 12.3. The largest absolute Gasteiger partial charge is 0.488 e. The lowest BCUT2D eigenvalue weighted by atomic mass is 10.0. The number of aromatic nitrogens is 4. The van der Waals surface area contributed by atoms with Crippen molar-refractivity contribution in [2.75, 3.05) is 88.6 Å². The average Bonchev–Trinajstić information content (AvgIpc) is 4.57. The third kappa shape index (κ3) is 10.7. The molecule has 16 nitrogen and oxygen atoms in total. The van der Waals surface area contributed by atoms with Crippen molar-refractivity contribution in [3.8, 4) is 68.4 Å². The third-order valence-electron chi connectivity index (χ3n) is 15.0. The smallest absolute Gasteiger partial charge is 0.269 e. The summed E-state index contributed by atoms with van der Waals surface area (Å²) in [7, 11) is -4.01. The molecule has 0 saturated carbocycles. The standard InChI is InChI=1S/C34H31N5O4S.C28H27N5O2/c35-22-26-20-25(8-11-33(26)43-28-12-14-36-23-28)30-13-15-37-34-31(30)21-32(39(34)44(40,41)29-4-2-1-3-5-29)24-6-9-27(10-7-24)38-16-18-42-19-17-38;29-17-21-15-20(3-6-27(21)35-23-7-9-30-18-23)24-8-10-31-28-25(24)16-26(32-28)19-1-4-22(5-2-19)33-11-13-34-14-12-33/h1-11,13,15,20-21,28,36H,12,14,16-19,23H2;1-6,8,10,15-16,23,30H,7,9,11-14,18H2,(H,31,32)/t28-;23-/m00/s1. The highest BCUT2D eigenvalue weighted by molar-refractivity contribution is 7.90. The molecule has 398 valence electrons. The molecular formula is C62H58N10O6S.